The van der Waals surface area contributed by atoms with Crippen LogP contribution in [0.15, 0.2) is 100 Å². The third kappa shape index (κ3) is 4.44. The fourth-order valence-electron chi connectivity index (χ4n) is 3.23. The van der Waals surface area contributed by atoms with E-state index < -0.39 is 0 Å². The summed E-state index contributed by atoms with van der Waals surface area (Å²) in [6.45, 7) is 0.287. The smallest absolute Gasteiger partial charge is 0.260 e. The Morgan fingerprint density at radius 1 is 0.969 bits per heavy atom. The molecule has 2 heterocycles. The minimum absolute atomic E-state index is 0.161. The Hall–Kier alpha value is -3.42. The van der Waals surface area contributed by atoms with Gasteiger partial charge in [0.25, 0.3) is 5.91 Å². The predicted octanol–water partition coefficient (Wildman–Crippen LogP) is 7.29. The zero-order chi connectivity index (χ0) is 21.9. The number of amides is 1. The highest BCUT2D eigenvalue weighted by Crippen LogP contribution is 2.33. The molecule has 7 heteroatoms. The minimum atomic E-state index is -0.161. The van der Waals surface area contributed by atoms with Crippen molar-refractivity contribution >= 4 is 48.5 Å². The van der Waals surface area contributed by atoms with Crippen molar-refractivity contribution in [3.63, 3.8) is 0 Å². The Balaban J connectivity index is 1.44. The Morgan fingerprint density at radius 3 is 2.50 bits per heavy atom. The van der Waals surface area contributed by atoms with Gasteiger partial charge in [-0.05, 0) is 66.7 Å². The zero-order valence-electron chi connectivity index (χ0n) is 16.8. The van der Waals surface area contributed by atoms with Gasteiger partial charge in [0.1, 0.15) is 17.3 Å². The lowest BCUT2D eigenvalue weighted by atomic mass is 10.2. The number of furan rings is 1. The Bertz CT molecular complexity index is 1350. The number of thiazole rings is 1. The molecule has 0 atom stereocenters. The van der Waals surface area contributed by atoms with Gasteiger partial charge in [-0.25, -0.2) is 4.98 Å². The summed E-state index contributed by atoms with van der Waals surface area (Å²) in [6.07, 6.45) is 1.60. The van der Waals surface area contributed by atoms with Crippen LogP contribution >= 0.6 is 27.3 Å². The van der Waals surface area contributed by atoms with Crippen molar-refractivity contribution < 1.29 is 13.9 Å². The first-order valence-electron chi connectivity index (χ1n) is 9.89. The van der Waals surface area contributed by atoms with Gasteiger partial charge in [0.05, 0.1) is 23.0 Å². The summed E-state index contributed by atoms with van der Waals surface area (Å²) in [6, 6.07) is 26.2. The second-order valence-electron chi connectivity index (χ2n) is 7.02. The van der Waals surface area contributed by atoms with Gasteiger partial charge in [0, 0.05) is 10.0 Å². The molecule has 0 aliphatic heterocycles. The maximum atomic E-state index is 13.5. The summed E-state index contributed by atoms with van der Waals surface area (Å²) in [7, 11) is 0. The molecule has 0 bridgehead atoms. The van der Waals surface area contributed by atoms with E-state index in [2.05, 4.69) is 15.9 Å². The van der Waals surface area contributed by atoms with Crippen molar-refractivity contribution in [1.82, 2.24) is 4.98 Å². The van der Waals surface area contributed by atoms with Crippen LogP contribution in [-0.2, 0) is 6.54 Å². The number of aromatic nitrogens is 1. The fraction of sp³-hybridized carbons (Fsp3) is 0.0400. The molecule has 5 aromatic rings. The minimum Gasteiger partial charge on any atom is -0.467 e. The molecule has 0 fully saturated rings. The van der Waals surface area contributed by atoms with Crippen LogP contribution in [0.3, 0.4) is 0 Å². The summed E-state index contributed by atoms with van der Waals surface area (Å²) in [5, 5.41) is 0.615. The topological polar surface area (TPSA) is 55.6 Å². The number of rotatable bonds is 6. The summed E-state index contributed by atoms with van der Waals surface area (Å²) < 4.78 is 13.3. The third-order valence-electron chi connectivity index (χ3n) is 4.79. The number of hydrogen-bond acceptors (Lipinski definition) is 5. The first-order chi connectivity index (χ1) is 15.7. The maximum absolute atomic E-state index is 13.5. The normalized spacial score (nSPS) is 10.9. The van der Waals surface area contributed by atoms with Gasteiger partial charge in [0.15, 0.2) is 5.13 Å². The molecule has 0 N–H and O–H groups in total. The highest BCUT2D eigenvalue weighted by atomic mass is 79.9. The van der Waals surface area contributed by atoms with Gasteiger partial charge in [-0.2, -0.15) is 0 Å². The molecule has 3 aromatic carbocycles. The van der Waals surface area contributed by atoms with E-state index in [0.29, 0.717) is 22.2 Å². The van der Waals surface area contributed by atoms with Crippen molar-refractivity contribution in [2.75, 3.05) is 4.90 Å². The number of hydrogen-bond donors (Lipinski definition) is 0. The number of carbonyl (C=O) groups excluding carboxylic acids is 1. The lowest BCUT2D eigenvalue weighted by Crippen LogP contribution is -2.30. The van der Waals surface area contributed by atoms with Crippen LogP contribution in [-0.4, -0.2) is 10.9 Å². The number of nitrogens with zero attached hydrogens (tertiary/aromatic N) is 2. The second-order valence-corrected chi connectivity index (χ2v) is 8.94. The average molecular weight is 505 g/mol. The van der Waals surface area contributed by atoms with E-state index in [1.54, 1.807) is 35.4 Å². The summed E-state index contributed by atoms with van der Waals surface area (Å²) >= 11 is 4.96. The average Bonchev–Trinajstić information content (AvgIpc) is 3.47. The van der Waals surface area contributed by atoms with Crippen LogP contribution in [0, 0.1) is 0 Å². The van der Waals surface area contributed by atoms with E-state index in [4.69, 9.17) is 14.1 Å². The molecular weight excluding hydrogens is 488 g/mol. The molecule has 0 spiro atoms. The molecule has 0 saturated heterocycles. The molecule has 32 heavy (non-hydrogen) atoms. The van der Waals surface area contributed by atoms with E-state index in [9.17, 15) is 4.79 Å². The Morgan fingerprint density at radius 2 is 1.75 bits per heavy atom. The van der Waals surface area contributed by atoms with E-state index >= 15 is 0 Å². The van der Waals surface area contributed by atoms with Crippen LogP contribution in [0.4, 0.5) is 5.13 Å². The molecule has 2 aromatic heterocycles. The highest BCUT2D eigenvalue weighted by Gasteiger charge is 2.23. The van der Waals surface area contributed by atoms with Gasteiger partial charge >= 0.3 is 0 Å². The lowest BCUT2D eigenvalue weighted by molar-refractivity contribution is 0.0983. The molecule has 0 saturated carbocycles. The number of benzene rings is 3. The first-order valence-corrected chi connectivity index (χ1v) is 11.5. The monoisotopic (exact) mass is 504 g/mol. The summed E-state index contributed by atoms with van der Waals surface area (Å²) in [5.74, 6) is 1.93. The molecule has 158 valence electrons. The van der Waals surface area contributed by atoms with E-state index in [0.717, 1.165) is 20.4 Å². The number of anilines is 1. The van der Waals surface area contributed by atoms with E-state index in [1.807, 2.05) is 60.7 Å². The zero-order valence-corrected chi connectivity index (χ0v) is 19.2. The van der Waals surface area contributed by atoms with Crippen LogP contribution in [0.5, 0.6) is 11.5 Å². The van der Waals surface area contributed by atoms with Gasteiger partial charge in [0.2, 0.25) is 0 Å². The number of ether oxygens (including phenoxy) is 1. The van der Waals surface area contributed by atoms with Crippen molar-refractivity contribution in [3.05, 3.63) is 107 Å². The van der Waals surface area contributed by atoms with Crippen LogP contribution in [0.1, 0.15) is 16.1 Å². The second kappa shape index (κ2) is 8.98. The SMILES string of the molecule is O=C(c1ccc(Oc2ccccc2)cc1)N(Cc1ccco1)c1nc2ccc(Br)cc2s1. The molecule has 0 radical (unpaired) electrons. The molecule has 0 unspecified atom stereocenters. The predicted molar refractivity (Wildman–Crippen MR) is 129 cm³/mol. The van der Waals surface area contributed by atoms with Crippen LogP contribution < -0.4 is 9.64 Å². The highest BCUT2D eigenvalue weighted by molar-refractivity contribution is 9.10. The third-order valence-corrected chi connectivity index (χ3v) is 6.32. The van der Waals surface area contributed by atoms with E-state index in [1.165, 1.54) is 11.3 Å². The van der Waals surface area contributed by atoms with Gasteiger partial charge in [-0.15, -0.1) is 0 Å². The first kappa shape index (κ1) is 20.5. The molecule has 5 rings (SSSR count). The number of halogens is 1. The van der Waals surface area contributed by atoms with Crippen molar-refractivity contribution in [3.8, 4) is 11.5 Å². The summed E-state index contributed by atoms with van der Waals surface area (Å²) in [5.41, 5.74) is 1.38. The van der Waals surface area contributed by atoms with Gasteiger partial charge in [-0.3, -0.25) is 9.69 Å². The van der Waals surface area contributed by atoms with Crippen molar-refractivity contribution in [2.45, 2.75) is 6.54 Å². The van der Waals surface area contributed by atoms with Gasteiger partial charge in [-0.1, -0.05) is 45.5 Å². The molecule has 0 aliphatic carbocycles. The molecule has 0 aliphatic rings. The number of carbonyl (C=O) groups is 1. The van der Waals surface area contributed by atoms with E-state index in [-0.39, 0.29) is 12.5 Å². The van der Waals surface area contributed by atoms with Crippen LogP contribution in [0.2, 0.25) is 0 Å². The lowest BCUT2D eigenvalue weighted by Gasteiger charge is -2.19. The quantitative estimate of drug-likeness (QED) is 0.243. The van der Waals surface area contributed by atoms with Crippen LogP contribution in [0.25, 0.3) is 10.2 Å². The van der Waals surface area contributed by atoms with Crippen molar-refractivity contribution in [1.29, 1.82) is 0 Å². The van der Waals surface area contributed by atoms with Gasteiger partial charge < -0.3 is 9.15 Å². The molecular formula is C25H17BrN2O3S. The molecule has 1 amide bonds. The molecule has 5 nitrogen and oxygen atoms in total. The van der Waals surface area contributed by atoms with Crippen molar-refractivity contribution in [2.24, 2.45) is 0 Å². The number of fused-ring (bicyclic) bond motifs is 1. The number of para-hydroxylation sites is 1. The standard InChI is InChI=1S/C25H17BrN2O3S/c26-18-10-13-22-23(15-18)32-25(27-22)28(16-21-7-4-14-30-21)24(29)17-8-11-20(12-9-17)31-19-5-2-1-3-6-19/h1-15H,16H2. The Kier molecular flexibility index (Phi) is 5.75. The largest absolute Gasteiger partial charge is 0.467 e. The maximum Gasteiger partial charge on any atom is 0.260 e. The fourth-order valence-corrected chi connectivity index (χ4v) is 4.75. The Labute approximate surface area is 197 Å². The summed E-state index contributed by atoms with van der Waals surface area (Å²) in [4.78, 5) is 19.8.